The average molecular weight is 601 g/mol. The third kappa shape index (κ3) is 6.33. The van der Waals surface area contributed by atoms with Crippen LogP contribution in [0.15, 0.2) is 42.5 Å². The molecule has 0 bridgehead atoms. The Labute approximate surface area is 253 Å². The average Bonchev–Trinajstić information content (AvgIpc) is 3.55. The van der Waals surface area contributed by atoms with Gasteiger partial charge in [0.15, 0.2) is 0 Å². The molecule has 2 aromatic heterocycles. The first-order chi connectivity index (χ1) is 21.0. The largest absolute Gasteiger partial charge is 0.397 e. The van der Waals surface area contributed by atoms with Gasteiger partial charge in [-0.2, -0.15) is 5.10 Å². The van der Waals surface area contributed by atoms with Gasteiger partial charge in [0.05, 0.1) is 34.6 Å². The molecule has 1 saturated heterocycles. The first-order valence-electron chi connectivity index (χ1n) is 14.4. The maximum atomic E-state index is 13.3. The van der Waals surface area contributed by atoms with E-state index in [0.717, 1.165) is 24.1 Å². The van der Waals surface area contributed by atoms with Gasteiger partial charge in [-0.1, -0.05) is 0 Å². The lowest BCUT2D eigenvalue weighted by atomic mass is 9.96. The van der Waals surface area contributed by atoms with E-state index in [4.69, 9.17) is 17.2 Å². The summed E-state index contributed by atoms with van der Waals surface area (Å²) >= 11 is 0. The van der Waals surface area contributed by atoms with Crippen molar-refractivity contribution in [3.05, 3.63) is 65.0 Å². The number of nitrogen functional groups attached to an aromatic ring is 1. The number of anilines is 3. The number of likely N-dealkylation sites (tertiary alicyclic amines) is 1. The number of imidazole rings is 1. The number of hydrogen-bond donors (Lipinski definition) is 5. The maximum absolute atomic E-state index is 13.3. The summed E-state index contributed by atoms with van der Waals surface area (Å²) in [5.41, 5.74) is 20.8. The van der Waals surface area contributed by atoms with Gasteiger partial charge in [0.2, 0.25) is 23.7 Å². The van der Waals surface area contributed by atoms with Gasteiger partial charge in [-0.05, 0) is 75.1 Å². The molecular weight excluding hydrogens is 564 g/mol. The van der Waals surface area contributed by atoms with Gasteiger partial charge >= 0.3 is 0 Å². The van der Waals surface area contributed by atoms with E-state index in [9.17, 15) is 19.2 Å². The molecule has 3 heterocycles. The van der Waals surface area contributed by atoms with Crippen LogP contribution in [-0.4, -0.2) is 67.5 Å². The van der Waals surface area contributed by atoms with Crippen molar-refractivity contribution in [3.63, 3.8) is 0 Å². The van der Waals surface area contributed by atoms with E-state index in [1.54, 1.807) is 46.0 Å². The predicted octanol–water partition coefficient (Wildman–Crippen LogP) is 1.94. The zero-order valence-electron chi connectivity index (χ0n) is 24.7. The first kappa shape index (κ1) is 30.1. The van der Waals surface area contributed by atoms with Crippen molar-refractivity contribution in [3.8, 4) is 0 Å². The third-order valence-corrected chi connectivity index (χ3v) is 7.87. The van der Waals surface area contributed by atoms with Crippen LogP contribution < -0.4 is 27.8 Å². The number of fused-ring (bicyclic) bond motifs is 1. The van der Waals surface area contributed by atoms with Crippen molar-refractivity contribution in [2.45, 2.75) is 39.8 Å². The molecule has 230 valence electrons. The molecule has 14 nitrogen and oxygen atoms in total. The van der Waals surface area contributed by atoms with Gasteiger partial charge in [-0.15, -0.1) is 0 Å². The quantitative estimate of drug-likeness (QED) is 0.169. The lowest BCUT2D eigenvalue weighted by molar-refractivity contribution is -0.130. The second kappa shape index (κ2) is 12.5. The van der Waals surface area contributed by atoms with Crippen molar-refractivity contribution in [1.82, 2.24) is 24.2 Å². The highest BCUT2D eigenvalue weighted by atomic mass is 16.2. The Morgan fingerprint density at radius 2 is 1.66 bits per heavy atom. The molecule has 5 rings (SSSR count). The fourth-order valence-electron chi connectivity index (χ4n) is 5.48. The topological polar surface area (TPSA) is 209 Å². The minimum Gasteiger partial charge on any atom is -0.397 e. The summed E-state index contributed by atoms with van der Waals surface area (Å²) in [5, 5.41) is 10.4. The number of amides is 4. The van der Waals surface area contributed by atoms with E-state index < -0.39 is 11.8 Å². The standard InChI is InChI=1S/C30H36N10O4/c1-3-40-25(12-17(2)37-40)29(44)36-30-35-23-14-20(28(33)43)5-7-24(23)39(30)16-18-8-10-38(11-9-18)26(41)15-34-22-6-4-19(27(32)42)13-21(22)31/h4-7,12-14,18,34H,3,8-11,15-16,31H2,1-2H3,(H2,32,42)(H2,33,43)(H,35,36,44). The highest BCUT2D eigenvalue weighted by Crippen LogP contribution is 2.27. The molecule has 14 heteroatoms. The third-order valence-electron chi connectivity index (χ3n) is 7.87. The summed E-state index contributed by atoms with van der Waals surface area (Å²) < 4.78 is 3.58. The zero-order chi connectivity index (χ0) is 31.5. The van der Waals surface area contributed by atoms with Gasteiger partial charge in [-0.25, -0.2) is 4.98 Å². The summed E-state index contributed by atoms with van der Waals surface area (Å²) in [5.74, 6) is -0.977. The van der Waals surface area contributed by atoms with Gasteiger partial charge in [0.25, 0.3) is 5.91 Å². The number of nitrogens with two attached hydrogens (primary N) is 3. The summed E-state index contributed by atoms with van der Waals surface area (Å²) in [7, 11) is 0. The Bertz CT molecular complexity index is 1750. The summed E-state index contributed by atoms with van der Waals surface area (Å²) in [6.07, 6.45) is 1.49. The number of carbonyl (C=O) groups is 4. The fraction of sp³-hybridized carbons (Fsp3) is 0.333. The Kier molecular flexibility index (Phi) is 8.51. The van der Waals surface area contributed by atoms with E-state index in [1.807, 2.05) is 18.4 Å². The van der Waals surface area contributed by atoms with E-state index in [2.05, 4.69) is 20.7 Å². The number of aryl methyl sites for hydroxylation is 2. The Morgan fingerprint density at radius 1 is 0.977 bits per heavy atom. The summed E-state index contributed by atoms with van der Waals surface area (Å²) in [4.78, 5) is 55.8. The molecule has 44 heavy (non-hydrogen) atoms. The zero-order valence-corrected chi connectivity index (χ0v) is 24.7. The molecule has 8 N–H and O–H groups in total. The molecular formula is C30H36N10O4. The number of carbonyl (C=O) groups excluding carboxylic acids is 4. The number of primary amides is 2. The second-order valence-electron chi connectivity index (χ2n) is 10.9. The number of rotatable bonds is 10. The number of nitrogens with zero attached hydrogens (tertiary/aromatic N) is 5. The number of nitrogens with one attached hydrogen (secondary N) is 2. The summed E-state index contributed by atoms with van der Waals surface area (Å²) in [6, 6.07) is 11.4. The van der Waals surface area contributed by atoms with Crippen LogP contribution in [0.25, 0.3) is 11.0 Å². The van der Waals surface area contributed by atoms with Crippen LogP contribution in [0.3, 0.4) is 0 Å². The van der Waals surface area contributed by atoms with Gasteiger partial charge in [0, 0.05) is 37.3 Å². The Morgan fingerprint density at radius 3 is 2.32 bits per heavy atom. The van der Waals surface area contributed by atoms with Crippen LogP contribution in [0, 0.1) is 12.8 Å². The molecule has 2 aromatic carbocycles. The minimum atomic E-state index is -0.574. The van der Waals surface area contributed by atoms with E-state index in [-0.39, 0.29) is 24.3 Å². The molecule has 0 unspecified atom stereocenters. The van der Waals surface area contributed by atoms with Crippen molar-refractivity contribution in [2.75, 3.05) is 36.0 Å². The molecule has 1 aliphatic rings. The fourth-order valence-corrected chi connectivity index (χ4v) is 5.48. The smallest absolute Gasteiger partial charge is 0.276 e. The first-order valence-corrected chi connectivity index (χ1v) is 14.4. The molecule has 1 fully saturated rings. The monoisotopic (exact) mass is 600 g/mol. The molecule has 0 atom stereocenters. The van der Waals surface area contributed by atoms with Crippen LogP contribution in [0.2, 0.25) is 0 Å². The molecule has 1 aliphatic heterocycles. The van der Waals surface area contributed by atoms with Gasteiger partial charge < -0.3 is 32.0 Å². The number of aromatic nitrogens is 4. The van der Waals surface area contributed by atoms with E-state index in [1.165, 1.54) is 6.07 Å². The van der Waals surface area contributed by atoms with Crippen LogP contribution in [0.1, 0.15) is 56.7 Å². The highest BCUT2D eigenvalue weighted by Gasteiger charge is 2.26. The van der Waals surface area contributed by atoms with E-state index >= 15 is 0 Å². The number of hydrogen-bond acceptors (Lipinski definition) is 8. The molecule has 4 aromatic rings. The number of piperidine rings is 1. The lowest BCUT2D eigenvalue weighted by Crippen LogP contribution is -2.42. The van der Waals surface area contributed by atoms with Crippen molar-refractivity contribution in [1.29, 1.82) is 0 Å². The predicted molar refractivity (Wildman–Crippen MR) is 166 cm³/mol. The van der Waals surface area contributed by atoms with Crippen LogP contribution in [0.5, 0.6) is 0 Å². The lowest BCUT2D eigenvalue weighted by Gasteiger charge is -2.32. The van der Waals surface area contributed by atoms with Gasteiger partial charge in [0.1, 0.15) is 5.69 Å². The van der Waals surface area contributed by atoms with Crippen molar-refractivity contribution < 1.29 is 19.2 Å². The normalized spacial score (nSPS) is 13.6. The van der Waals surface area contributed by atoms with Crippen LogP contribution >= 0.6 is 0 Å². The SMILES string of the molecule is CCn1nc(C)cc1C(=O)Nc1nc2cc(C(N)=O)ccc2n1CC1CCN(C(=O)CNc2ccc(C(N)=O)cc2N)CC1. The molecule has 0 aliphatic carbocycles. The number of benzene rings is 2. The maximum Gasteiger partial charge on any atom is 0.276 e. The molecule has 0 radical (unpaired) electrons. The van der Waals surface area contributed by atoms with Crippen molar-refractivity contribution >= 4 is 52.0 Å². The molecule has 0 saturated carbocycles. The minimum absolute atomic E-state index is 0.0587. The summed E-state index contributed by atoms with van der Waals surface area (Å²) in [6.45, 7) is 6.02. The van der Waals surface area contributed by atoms with Crippen molar-refractivity contribution in [2.24, 2.45) is 17.4 Å². The van der Waals surface area contributed by atoms with Gasteiger partial charge in [-0.3, -0.25) is 29.2 Å². The molecule has 4 amide bonds. The Balaban J connectivity index is 1.27. The molecule has 0 spiro atoms. The second-order valence-corrected chi connectivity index (χ2v) is 10.9. The van der Waals surface area contributed by atoms with Crippen LogP contribution in [0.4, 0.5) is 17.3 Å². The highest BCUT2D eigenvalue weighted by molar-refractivity contribution is 6.03. The Hall–Kier alpha value is -5.40. The van der Waals surface area contributed by atoms with Crippen LogP contribution in [-0.2, 0) is 17.9 Å². The van der Waals surface area contributed by atoms with E-state index in [0.29, 0.717) is 65.8 Å².